The first kappa shape index (κ1) is 14.9. The lowest BCUT2D eigenvalue weighted by Crippen LogP contribution is -2.70. The third-order valence-corrected chi connectivity index (χ3v) is 5.96. The minimum atomic E-state index is -0.573. The Balaban J connectivity index is 1.82. The number of hydrogen-bond donors (Lipinski definition) is 1. The van der Waals surface area contributed by atoms with Gasteiger partial charge in [-0.05, 0) is 50.9 Å². The number of nitrogens with zero attached hydrogens (tertiary/aromatic N) is 1. The fourth-order valence-corrected chi connectivity index (χ4v) is 4.40. The fourth-order valence-electron chi connectivity index (χ4n) is 4.40. The molecule has 1 saturated heterocycles. The number of amides is 2. The summed E-state index contributed by atoms with van der Waals surface area (Å²) in [5, 5.41) is 3.05. The van der Waals surface area contributed by atoms with E-state index >= 15 is 0 Å². The van der Waals surface area contributed by atoms with Crippen LogP contribution in [0.25, 0.3) is 0 Å². The van der Waals surface area contributed by atoms with Gasteiger partial charge in [0.15, 0.2) is 0 Å². The van der Waals surface area contributed by atoms with E-state index in [1.165, 1.54) is 0 Å². The number of hydrogen-bond acceptors (Lipinski definition) is 2. The van der Waals surface area contributed by atoms with Crippen LogP contribution in [0.15, 0.2) is 0 Å². The Morgan fingerprint density at radius 2 is 1.62 bits per heavy atom. The van der Waals surface area contributed by atoms with Gasteiger partial charge in [0.25, 0.3) is 0 Å². The van der Waals surface area contributed by atoms with E-state index in [4.69, 9.17) is 0 Å². The van der Waals surface area contributed by atoms with Gasteiger partial charge < -0.3 is 10.2 Å². The maximum absolute atomic E-state index is 13.1. The molecule has 1 heterocycles. The van der Waals surface area contributed by atoms with Crippen LogP contribution in [0.5, 0.6) is 0 Å². The van der Waals surface area contributed by atoms with Crippen LogP contribution in [0, 0.1) is 5.41 Å². The minimum absolute atomic E-state index is 0.0429. The van der Waals surface area contributed by atoms with E-state index in [0.717, 1.165) is 51.4 Å². The normalized spacial score (nSPS) is 32.5. The second kappa shape index (κ2) is 4.99. The Labute approximate surface area is 127 Å². The second-order valence-electron chi connectivity index (χ2n) is 8.06. The van der Waals surface area contributed by atoms with Gasteiger partial charge in [0.1, 0.15) is 11.6 Å². The van der Waals surface area contributed by atoms with Crippen molar-refractivity contribution in [3.8, 4) is 0 Å². The van der Waals surface area contributed by atoms with Crippen LogP contribution in [0.4, 0.5) is 0 Å². The van der Waals surface area contributed by atoms with Crippen LogP contribution in [0.3, 0.4) is 0 Å². The highest BCUT2D eigenvalue weighted by molar-refractivity contribution is 6.00. The number of carbonyl (C=O) groups excluding carboxylic acids is 2. The lowest BCUT2D eigenvalue weighted by Gasteiger charge is -2.49. The van der Waals surface area contributed by atoms with E-state index in [1.54, 1.807) is 0 Å². The number of nitrogens with one attached hydrogen (secondary N) is 1. The third kappa shape index (κ3) is 2.47. The lowest BCUT2D eigenvalue weighted by molar-refractivity contribution is -0.158. The summed E-state index contributed by atoms with van der Waals surface area (Å²) >= 11 is 0. The van der Waals surface area contributed by atoms with E-state index in [1.807, 2.05) is 11.8 Å². The van der Waals surface area contributed by atoms with Crippen molar-refractivity contribution in [3.05, 3.63) is 0 Å². The largest absolute Gasteiger partial charge is 0.340 e. The molecule has 1 N–H and O–H groups in total. The fraction of sp³-hybridized carbons (Fsp3) is 0.882. The van der Waals surface area contributed by atoms with Crippen molar-refractivity contribution >= 4 is 11.8 Å². The molecule has 1 aliphatic heterocycles. The average Bonchev–Trinajstić information content (AvgIpc) is 2.88. The zero-order valence-corrected chi connectivity index (χ0v) is 13.6. The van der Waals surface area contributed by atoms with Gasteiger partial charge in [-0.2, -0.15) is 0 Å². The monoisotopic (exact) mass is 292 g/mol. The Hall–Kier alpha value is -1.06. The molecule has 0 bridgehead atoms. The maximum atomic E-state index is 13.1. The molecule has 4 nitrogen and oxygen atoms in total. The smallest absolute Gasteiger partial charge is 0.249 e. The van der Waals surface area contributed by atoms with Crippen molar-refractivity contribution in [1.82, 2.24) is 10.2 Å². The number of rotatable bonds is 1. The zero-order valence-electron chi connectivity index (χ0n) is 13.6. The van der Waals surface area contributed by atoms with E-state index in [-0.39, 0.29) is 23.9 Å². The van der Waals surface area contributed by atoms with Crippen LogP contribution in [0.2, 0.25) is 0 Å². The quantitative estimate of drug-likeness (QED) is 0.807. The molecule has 3 aliphatic rings. The van der Waals surface area contributed by atoms with Crippen LogP contribution >= 0.6 is 0 Å². The van der Waals surface area contributed by atoms with E-state index in [9.17, 15) is 9.59 Å². The van der Waals surface area contributed by atoms with Gasteiger partial charge in [0.2, 0.25) is 11.8 Å². The molecule has 1 spiro atoms. The van der Waals surface area contributed by atoms with Crippen molar-refractivity contribution in [2.45, 2.75) is 89.8 Å². The Morgan fingerprint density at radius 1 is 1.05 bits per heavy atom. The van der Waals surface area contributed by atoms with Crippen LogP contribution in [-0.4, -0.2) is 34.3 Å². The third-order valence-electron chi connectivity index (χ3n) is 5.96. The molecule has 0 aromatic heterocycles. The molecule has 21 heavy (non-hydrogen) atoms. The van der Waals surface area contributed by atoms with Crippen molar-refractivity contribution in [2.24, 2.45) is 5.41 Å². The highest BCUT2D eigenvalue weighted by Crippen LogP contribution is 2.41. The molecule has 118 valence electrons. The molecule has 0 radical (unpaired) electrons. The highest BCUT2D eigenvalue weighted by Gasteiger charge is 2.52. The highest BCUT2D eigenvalue weighted by atomic mass is 16.2. The van der Waals surface area contributed by atoms with Gasteiger partial charge >= 0.3 is 0 Å². The Morgan fingerprint density at radius 3 is 2.19 bits per heavy atom. The molecular weight excluding hydrogens is 264 g/mol. The molecule has 0 aromatic carbocycles. The van der Waals surface area contributed by atoms with Gasteiger partial charge in [-0.15, -0.1) is 0 Å². The van der Waals surface area contributed by atoms with Gasteiger partial charge in [-0.3, -0.25) is 9.59 Å². The van der Waals surface area contributed by atoms with Crippen molar-refractivity contribution < 1.29 is 9.59 Å². The molecule has 4 heteroatoms. The molecule has 3 rings (SSSR count). The second-order valence-corrected chi connectivity index (χ2v) is 8.06. The summed E-state index contributed by atoms with van der Waals surface area (Å²) in [7, 11) is 0. The summed E-state index contributed by atoms with van der Waals surface area (Å²) in [6.45, 7) is 6.49. The van der Waals surface area contributed by atoms with Crippen LogP contribution in [-0.2, 0) is 9.59 Å². The Bertz CT molecular complexity index is 442. The van der Waals surface area contributed by atoms with Crippen molar-refractivity contribution in [3.63, 3.8) is 0 Å². The summed E-state index contributed by atoms with van der Waals surface area (Å²) in [6, 6.07) is -0.0565. The minimum Gasteiger partial charge on any atom is -0.340 e. The Kier molecular flexibility index (Phi) is 3.53. The summed E-state index contributed by atoms with van der Waals surface area (Å²) in [5.41, 5.74) is -0.192. The number of carbonyl (C=O) groups is 2. The molecule has 2 amide bonds. The van der Waals surface area contributed by atoms with Gasteiger partial charge in [-0.25, -0.2) is 0 Å². The zero-order chi connectivity index (χ0) is 15.3. The standard InChI is InChI=1S/C17H28N2O2/c1-12-14(20)18-17(8-4-5-9-17)15(21)19(12)13-6-10-16(2,3)11-7-13/h12-13H,4-11H2,1-3H3,(H,18,20). The van der Waals surface area contributed by atoms with Gasteiger partial charge in [0.05, 0.1) is 0 Å². The van der Waals surface area contributed by atoms with E-state index in [2.05, 4.69) is 19.2 Å². The summed E-state index contributed by atoms with van der Waals surface area (Å²) in [5.74, 6) is 0.234. The first-order valence-corrected chi connectivity index (χ1v) is 8.49. The van der Waals surface area contributed by atoms with Gasteiger partial charge in [0, 0.05) is 6.04 Å². The first-order valence-electron chi connectivity index (χ1n) is 8.49. The predicted molar refractivity (Wildman–Crippen MR) is 81.7 cm³/mol. The van der Waals surface area contributed by atoms with Crippen LogP contribution < -0.4 is 5.32 Å². The molecule has 2 aliphatic carbocycles. The summed E-state index contributed by atoms with van der Waals surface area (Å²) in [6.07, 6.45) is 8.08. The molecule has 0 aromatic rings. The summed E-state index contributed by atoms with van der Waals surface area (Å²) in [4.78, 5) is 27.4. The van der Waals surface area contributed by atoms with E-state index < -0.39 is 5.54 Å². The van der Waals surface area contributed by atoms with E-state index in [0.29, 0.717) is 5.41 Å². The SMILES string of the molecule is CC1C(=O)NC2(CCCC2)C(=O)N1C1CCC(C)(C)CC1. The van der Waals surface area contributed by atoms with Crippen LogP contribution in [0.1, 0.15) is 72.1 Å². The molecule has 2 saturated carbocycles. The van der Waals surface area contributed by atoms with Crippen molar-refractivity contribution in [2.75, 3.05) is 0 Å². The number of piperazine rings is 1. The molecule has 3 fully saturated rings. The maximum Gasteiger partial charge on any atom is 0.249 e. The lowest BCUT2D eigenvalue weighted by atomic mass is 9.74. The average molecular weight is 292 g/mol. The predicted octanol–water partition coefficient (Wildman–Crippen LogP) is 2.61. The van der Waals surface area contributed by atoms with Gasteiger partial charge in [-0.1, -0.05) is 26.7 Å². The van der Waals surface area contributed by atoms with Crippen molar-refractivity contribution in [1.29, 1.82) is 0 Å². The molecule has 1 unspecified atom stereocenters. The summed E-state index contributed by atoms with van der Waals surface area (Å²) < 4.78 is 0. The first-order chi connectivity index (χ1) is 9.85. The molecular formula is C17H28N2O2. The molecule has 1 atom stereocenters. The topological polar surface area (TPSA) is 49.4 Å².